The van der Waals surface area contributed by atoms with Gasteiger partial charge in [0.25, 0.3) is 0 Å². The summed E-state index contributed by atoms with van der Waals surface area (Å²) < 4.78 is 1.95. The predicted octanol–water partition coefficient (Wildman–Crippen LogP) is 1.58. The highest BCUT2D eigenvalue weighted by atomic mass is 16.3. The maximum Gasteiger partial charge on any atom is 0.0534 e. The summed E-state index contributed by atoms with van der Waals surface area (Å²) in [7, 11) is 0. The fraction of sp³-hybridized carbons (Fsp3) is 0.769. The molecule has 0 saturated carbocycles. The molecule has 0 radical (unpaired) electrons. The van der Waals surface area contributed by atoms with Crippen molar-refractivity contribution in [3.8, 4) is 0 Å². The molecule has 1 aromatic rings. The van der Waals surface area contributed by atoms with Crippen molar-refractivity contribution in [3.63, 3.8) is 0 Å². The van der Waals surface area contributed by atoms with Crippen molar-refractivity contribution in [2.45, 2.75) is 46.7 Å². The van der Waals surface area contributed by atoms with Crippen LogP contribution >= 0.6 is 0 Å². The van der Waals surface area contributed by atoms with Gasteiger partial charge < -0.3 is 10.4 Å². The molecule has 1 heterocycles. The highest BCUT2D eigenvalue weighted by molar-refractivity contribution is 4.99. The van der Waals surface area contributed by atoms with Gasteiger partial charge in [0.1, 0.15) is 0 Å². The van der Waals surface area contributed by atoms with Crippen molar-refractivity contribution in [1.29, 1.82) is 0 Å². The van der Waals surface area contributed by atoms with Crippen LogP contribution in [0.15, 0.2) is 12.4 Å². The monoisotopic (exact) mass is 239 g/mol. The third-order valence-electron chi connectivity index (χ3n) is 2.96. The Morgan fingerprint density at radius 2 is 2.18 bits per heavy atom. The lowest BCUT2D eigenvalue weighted by molar-refractivity contribution is 0.196. The zero-order valence-electron chi connectivity index (χ0n) is 11.4. The van der Waals surface area contributed by atoms with Crippen LogP contribution in [0.5, 0.6) is 0 Å². The number of nitrogens with zero attached hydrogens (tertiary/aromatic N) is 2. The van der Waals surface area contributed by atoms with Gasteiger partial charge >= 0.3 is 0 Å². The summed E-state index contributed by atoms with van der Waals surface area (Å²) in [6.07, 6.45) is 4.70. The van der Waals surface area contributed by atoms with E-state index in [1.165, 1.54) is 5.56 Å². The fourth-order valence-corrected chi connectivity index (χ4v) is 1.91. The topological polar surface area (TPSA) is 50.1 Å². The van der Waals surface area contributed by atoms with Crippen LogP contribution in [-0.4, -0.2) is 34.1 Å². The number of aryl methyl sites for hydroxylation is 1. The van der Waals surface area contributed by atoms with Gasteiger partial charge in [-0.1, -0.05) is 20.8 Å². The largest absolute Gasteiger partial charge is 0.396 e. The van der Waals surface area contributed by atoms with E-state index in [9.17, 15) is 0 Å². The zero-order chi connectivity index (χ0) is 12.9. The van der Waals surface area contributed by atoms with E-state index in [1.54, 1.807) is 0 Å². The molecule has 0 amide bonds. The Bertz CT molecular complexity index is 328. The Balaban J connectivity index is 2.37. The van der Waals surface area contributed by atoms with Crippen LogP contribution in [0.4, 0.5) is 0 Å². The molecule has 1 unspecified atom stereocenters. The minimum Gasteiger partial charge on any atom is -0.396 e. The molecule has 0 bridgehead atoms. The van der Waals surface area contributed by atoms with Crippen molar-refractivity contribution in [2.24, 2.45) is 5.41 Å². The average molecular weight is 239 g/mol. The van der Waals surface area contributed by atoms with Crippen molar-refractivity contribution in [1.82, 2.24) is 15.1 Å². The quantitative estimate of drug-likeness (QED) is 0.792. The molecule has 0 aromatic carbocycles. The van der Waals surface area contributed by atoms with Gasteiger partial charge in [-0.2, -0.15) is 5.10 Å². The first-order valence-electron chi connectivity index (χ1n) is 6.27. The molecular weight excluding hydrogens is 214 g/mol. The number of hydrogen-bond donors (Lipinski definition) is 2. The SMILES string of the molecule is Cc1cnn(CCNC(CCO)C(C)(C)C)c1. The molecule has 17 heavy (non-hydrogen) atoms. The number of aromatic nitrogens is 2. The maximum atomic E-state index is 9.06. The predicted molar refractivity (Wildman–Crippen MR) is 69.9 cm³/mol. The number of aliphatic hydroxyl groups is 1. The van der Waals surface area contributed by atoms with Gasteiger partial charge in [0, 0.05) is 25.4 Å². The van der Waals surface area contributed by atoms with Gasteiger partial charge in [0.2, 0.25) is 0 Å². The summed E-state index contributed by atoms with van der Waals surface area (Å²) in [5.41, 5.74) is 1.36. The molecule has 4 nitrogen and oxygen atoms in total. The number of nitrogens with one attached hydrogen (secondary N) is 1. The maximum absolute atomic E-state index is 9.06. The van der Waals surface area contributed by atoms with E-state index in [1.807, 2.05) is 24.0 Å². The molecule has 0 aliphatic carbocycles. The Morgan fingerprint density at radius 1 is 1.47 bits per heavy atom. The van der Waals surface area contributed by atoms with E-state index in [-0.39, 0.29) is 12.0 Å². The minimum atomic E-state index is 0.169. The van der Waals surface area contributed by atoms with Gasteiger partial charge in [-0.05, 0) is 24.3 Å². The molecule has 0 fully saturated rings. The van der Waals surface area contributed by atoms with Crippen molar-refractivity contribution in [2.75, 3.05) is 13.2 Å². The Kier molecular flexibility index (Phi) is 5.15. The van der Waals surface area contributed by atoms with Crippen LogP contribution in [0, 0.1) is 12.3 Å². The summed E-state index contributed by atoms with van der Waals surface area (Å²) in [6.45, 7) is 10.6. The van der Waals surface area contributed by atoms with Crippen LogP contribution in [-0.2, 0) is 6.54 Å². The van der Waals surface area contributed by atoms with Gasteiger partial charge in [0.15, 0.2) is 0 Å². The summed E-state index contributed by atoms with van der Waals surface area (Å²) in [6, 6.07) is 0.337. The number of rotatable bonds is 6. The highest BCUT2D eigenvalue weighted by Crippen LogP contribution is 2.21. The number of hydrogen-bond acceptors (Lipinski definition) is 3. The molecule has 1 aromatic heterocycles. The van der Waals surface area contributed by atoms with Gasteiger partial charge in [-0.15, -0.1) is 0 Å². The first-order chi connectivity index (χ1) is 7.93. The first-order valence-corrected chi connectivity index (χ1v) is 6.27. The summed E-state index contributed by atoms with van der Waals surface area (Å²) in [4.78, 5) is 0. The molecule has 0 aliphatic rings. The summed E-state index contributed by atoms with van der Waals surface area (Å²) in [5, 5.41) is 16.8. The molecule has 1 atom stereocenters. The lowest BCUT2D eigenvalue weighted by Crippen LogP contribution is -2.42. The minimum absolute atomic E-state index is 0.169. The normalized spacial score (nSPS) is 13.9. The third-order valence-corrected chi connectivity index (χ3v) is 2.96. The summed E-state index contributed by atoms with van der Waals surface area (Å²) in [5.74, 6) is 0. The molecule has 0 saturated heterocycles. The van der Waals surface area contributed by atoms with E-state index in [2.05, 4.69) is 31.2 Å². The van der Waals surface area contributed by atoms with E-state index in [0.717, 1.165) is 19.5 Å². The van der Waals surface area contributed by atoms with Gasteiger partial charge in [0.05, 0.1) is 12.7 Å². The van der Waals surface area contributed by atoms with Gasteiger partial charge in [-0.25, -0.2) is 0 Å². The number of aliphatic hydroxyl groups excluding tert-OH is 1. The molecule has 1 rings (SSSR count). The molecule has 2 N–H and O–H groups in total. The Labute approximate surface area is 104 Å². The smallest absolute Gasteiger partial charge is 0.0534 e. The van der Waals surface area contributed by atoms with Crippen molar-refractivity contribution in [3.05, 3.63) is 18.0 Å². The zero-order valence-corrected chi connectivity index (χ0v) is 11.4. The van der Waals surface area contributed by atoms with E-state index in [0.29, 0.717) is 6.04 Å². The van der Waals surface area contributed by atoms with Crippen LogP contribution in [0.3, 0.4) is 0 Å². The lowest BCUT2D eigenvalue weighted by Gasteiger charge is -2.31. The van der Waals surface area contributed by atoms with E-state index >= 15 is 0 Å². The second kappa shape index (κ2) is 6.17. The highest BCUT2D eigenvalue weighted by Gasteiger charge is 2.23. The van der Waals surface area contributed by atoms with Gasteiger partial charge in [-0.3, -0.25) is 4.68 Å². The summed E-state index contributed by atoms with van der Waals surface area (Å²) >= 11 is 0. The lowest BCUT2D eigenvalue weighted by atomic mass is 9.85. The second-order valence-electron chi connectivity index (χ2n) is 5.67. The van der Waals surface area contributed by atoms with E-state index < -0.39 is 0 Å². The third kappa shape index (κ3) is 4.88. The first kappa shape index (κ1) is 14.2. The van der Waals surface area contributed by atoms with E-state index in [4.69, 9.17) is 5.11 Å². The molecule has 0 spiro atoms. The molecule has 4 heteroatoms. The Morgan fingerprint density at radius 3 is 2.65 bits per heavy atom. The molecule has 98 valence electrons. The standard InChI is InChI=1S/C13H25N3O/c1-11-9-15-16(10-11)7-6-14-12(5-8-17)13(2,3)4/h9-10,12,14,17H,5-8H2,1-4H3. The van der Waals surface area contributed by atoms with Crippen LogP contribution in [0.2, 0.25) is 0 Å². The van der Waals surface area contributed by atoms with Crippen LogP contribution in [0.25, 0.3) is 0 Å². The average Bonchev–Trinajstić information content (AvgIpc) is 2.61. The fourth-order valence-electron chi connectivity index (χ4n) is 1.91. The van der Waals surface area contributed by atoms with Crippen LogP contribution in [0.1, 0.15) is 32.8 Å². The molecular formula is C13H25N3O. The molecule has 0 aliphatic heterocycles. The van der Waals surface area contributed by atoms with Crippen molar-refractivity contribution < 1.29 is 5.11 Å². The second-order valence-corrected chi connectivity index (χ2v) is 5.67. The Hall–Kier alpha value is -0.870. The van der Waals surface area contributed by atoms with Crippen molar-refractivity contribution >= 4 is 0 Å². The van der Waals surface area contributed by atoms with Crippen LogP contribution < -0.4 is 5.32 Å².